The van der Waals surface area contributed by atoms with Crippen LogP contribution in [0.5, 0.6) is 23.0 Å². The van der Waals surface area contributed by atoms with Crippen LogP contribution in [0.15, 0.2) is 59.7 Å². The van der Waals surface area contributed by atoms with Gasteiger partial charge in [-0.2, -0.15) is 5.10 Å². The smallest absolute Gasteiger partial charge is 0.280 e. The van der Waals surface area contributed by atoms with E-state index in [9.17, 15) is 4.79 Å². The van der Waals surface area contributed by atoms with Gasteiger partial charge >= 0.3 is 0 Å². The molecule has 0 heterocycles. The van der Waals surface area contributed by atoms with Gasteiger partial charge in [-0.3, -0.25) is 4.79 Å². The van der Waals surface area contributed by atoms with Gasteiger partial charge in [0.05, 0.1) is 27.5 Å². The van der Waals surface area contributed by atoms with Crippen molar-refractivity contribution in [3.8, 4) is 23.0 Å². The van der Waals surface area contributed by atoms with E-state index in [0.29, 0.717) is 28.6 Å². The summed E-state index contributed by atoms with van der Waals surface area (Å²) in [5.41, 5.74) is 3.16. The van der Waals surface area contributed by atoms with E-state index in [4.69, 9.17) is 18.9 Å². The summed E-state index contributed by atoms with van der Waals surface area (Å²) in [5.74, 6) is 1.73. The van der Waals surface area contributed by atoms with Crippen LogP contribution in [0.1, 0.15) is 12.5 Å². The molecule has 0 saturated carbocycles. The quantitative estimate of drug-likeness (QED) is 0.453. The van der Waals surface area contributed by atoms with E-state index >= 15 is 0 Å². The minimum atomic E-state index is -0.719. The number of hydrazone groups is 1. The van der Waals surface area contributed by atoms with Gasteiger partial charge in [0.25, 0.3) is 5.91 Å². The molecule has 0 aromatic heterocycles. The van der Waals surface area contributed by atoms with E-state index in [1.807, 2.05) is 42.5 Å². The predicted octanol–water partition coefficient (Wildman–Crippen LogP) is 3.78. The predicted molar refractivity (Wildman–Crippen MR) is 116 cm³/mol. The van der Waals surface area contributed by atoms with Crippen molar-refractivity contribution < 1.29 is 23.7 Å². The van der Waals surface area contributed by atoms with Crippen molar-refractivity contribution >= 4 is 22.9 Å². The highest BCUT2D eigenvalue weighted by Crippen LogP contribution is 2.37. The Morgan fingerprint density at radius 1 is 0.933 bits per heavy atom. The Kier molecular flexibility index (Phi) is 6.75. The molecule has 7 nitrogen and oxygen atoms in total. The lowest BCUT2D eigenvalue weighted by Crippen LogP contribution is -2.33. The number of carbonyl (C=O) groups is 1. The lowest BCUT2D eigenvalue weighted by atomic mass is 10.1. The number of carbonyl (C=O) groups excluding carboxylic acids is 1. The molecule has 0 spiro atoms. The number of benzene rings is 3. The summed E-state index contributed by atoms with van der Waals surface area (Å²) in [7, 11) is 4.60. The third kappa shape index (κ3) is 4.81. The SMILES string of the molecule is COc1cc(/C=N\NC(=O)[C@H](C)Oc2ccc3ccccc3c2)cc(OC)c1OC. The van der Waals surface area contributed by atoms with E-state index in [-0.39, 0.29) is 5.91 Å². The van der Waals surface area contributed by atoms with Crippen molar-refractivity contribution in [2.24, 2.45) is 5.10 Å². The maximum atomic E-state index is 12.3. The van der Waals surface area contributed by atoms with Gasteiger partial charge in [-0.1, -0.05) is 30.3 Å². The molecule has 0 unspecified atom stereocenters. The minimum absolute atomic E-state index is 0.369. The number of nitrogens with one attached hydrogen (secondary N) is 1. The third-order valence-electron chi connectivity index (χ3n) is 4.48. The molecule has 3 aromatic rings. The van der Waals surface area contributed by atoms with Crippen molar-refractivity contribution in [3.05, 3.63) is 60.2 Å². The Balaban J connectivity index is 1.64. The van der Waals surface area contributed by atoms with Crippen LogP contribution in [0.25, 0.3) is 10.8 Å². The molecule has 1 N–H and O–H groups in total. The summed E-state index contributed by atoms with van der Waals surface area (Å²) in [5, 5.41) is 6.16. The fourth-order valence-corrected chi connectivity index (χ4v) is 2.94. The van der Waals surface area contributed by atoms with Crippen LogP contribution in [0, 0.1) is 0 Å². The Morgan fingerprint density at radius 3 is 2.23 bits per heavy atom. The molecular weight excluding hydrogens is 384 g/mol. The van der Waals surface area contributed by atoms with Crippen LogP contribution in [0.3, 0.4) is 0 Å². The van der Waals surface area contributed by atoms with Crippen LogP contribution in [0.4, 0.5) is 0 Å². The van der Waals surface area contributed by atoms with Gasteiger partial charge in [-0.25, -0.2) is 5.43 Å². The zero-order valence-corrected chi connectivity index (χ0v) is 17.3. The second kappa shape index (κ2) is 9.65. The molecular formula is C23H24N2O5. The summed E-state index contributed by atoms with van der Waals surface area (Å²) >= 11 is 0. The van der Waals surface area contributed by atoms with Gasteiger partial charge in [0.2, 0.25) is 5.75 Å². The minimum Gasteiger partial charge on any atom is -0.493 e. The largest absolute Gasteiger partial charge is 0.493 e. The van der Waals surface area contributed by atoms with Gasteiger partial charge in [0.1, 0.15) is 5.75 Å². The number of nitrogens with zero attached hydrogens (tertiary/aromatic N) is 1. The molecule has 30 heavy (non-hydrogen) atoms. The maximum absolute atomic E-state index is 12.3. The summed E-state index contributed by atoms with van der Waals surface area (Å²) in [4.78, 5) is 12.3. The lowest BCUT2D eigenvalue weighted by molar-refractivity contribution is -0.127. The average Bonchev–Trinajstić information content (AvgIpc) is 2.78. The van der Waals surface area contributed by atoms with Gasteiger partial charge in [0, 0.05) is 5.56 Å². The fraction of sp³-hybridized carbons (Fsp3) is 0.217. The number of fused-ring (bicyclic) bond motifs is 1. The summed E-state index contributed by atoms with van der Waals surface area (Å²) in [6.07, 6.45) is 0.772. The topological polar surface area (TPSA) is 78.4 Å². The summed E-state index contributed by atoms with van der Waals surface area (Å²) in [6, 6.07) is 17.1. The van der Waals surface area contributed by atoms with Crippen molar-refractivity contribution in [3.63, 3.8) is 0 Å². The zero-order valence-electron chi connectivity index (χ0n) is 17.3. The molecule has 0 saturated heterocycles. The van der Waals surface area contributed by atoms with Crippen LogP contribution in [-0.4, -0.2) is 39.6 Å². The standard InChI is InChI=1S/C23H24N2O5/c1-15(30-19-10-9-17-7-5-6-8-18(17)13-19)23(26)25-24-14-16-11-20(27-2)22(29-4)21(12-16)28-3/h5-15H,1-4H3,(H,25,26)/b24-14-/t15-/m0/s1. The third-order valence-corrected chi connectivity index (χ3v) is 4.48. The Labute approximate surface area is 175 Å². The molecule has 1 atom stereocenters. The first kappa shape index (κ1) is 21.0. The highest BCUT2D eigenvalue weighted by Gasteiger charge is 2.15. The number of hydrogen-bond acceptors (Lipinski definition) is 6. The number of ether oxygens (including phenoxy) is 4. The second-order valence-corrected chi connectivity index (χ2v) is 6.46. The van der Waals surface area contributed by atoms with E-state index in [0.717, 1.165) is 10.8 Å². The normalized spacial score (nSPS) is 11.9. The lowest BCUT2D eigenvalue weighted by Gasteiger charge is -2.14. The molecule has 3 aromatic carbocycles. The molecule has 1 amide bonds. The van der Waals surface area contributed by atoms with E-state index in [1.54, 1.807) is 19.1 Å². The number of amides is 1. The van der Waals surface area contributed by atoms with Crippen molar-refractivity contribution in [2.45, 2.75) is 13.0 Å². The first-order valence-electron chi connectivity index (χ1n) is 9.34. The van der Waals surface area contributed by atoms with Crippen molar-refractivity contribution in [1.82, 2.24) is 5.43 Å². The molecule has 7 heteroatoms. The van der Waals surface area contributed by atoms with Crippen molar-refractivity contribution in [1.29, 1.82) is 0 Å². The van der Waals surface area contributed by atoms with Gasteiger partial charge in [0.15, 0.2) is 17.6 Å². The molecule has 0 radical (unpaired) electrons. The van der Waals surface area contributed by atoms with Crippen LogP contribution in [-0.2, 0) is 4.79 Å². The second-order valence-electron chi connectivity index (χ2n) is 6.46. The van der Waals surface area contributed by atoms with Gasteiger partial charge in [-0.05, 0) is 42.0 Å². The number of methoxy groups -OCH3 is 3. The highest BCUT2D eigenvalue weighted by molar-refractivity contribution is 5.86. The maximum Gasteiger partial charge on any atom is 0.280 e. The Hall–Kier alpha value is -3.74. The van der Waals surface area contributed by atoms with Crippen LogP contribution >= 0.6 is 0 Å². The Bertz CT molecular complexity index is 1040. The fourth-order valence-electron chi connectivity index (χ4n) is 2.94. The molecule has 0 aliphatic rings. The van der Waals surface area contributed by atoms with Crippen LogP contribution in [0.2, 0.25) is 0 Å². The van der Waals surface area contributed by atoms with Crippen molar-refractivity contribution in [2.75, 3.05) is 21.3 Å². The monoisotopic (exact) mass is 408 g/mol. The zero-order chi connectivity index (χ0) is 21.5. The highest BCUT2D eigenvalue weighted by atomic mass is 16.5. The van der Waals surface area contributed by atoms with Gasteiger partial charge < -0.3 is 18.9 Å². The molecule has 0 aliphatic heterocycles. The number of rotatable bonds is 8. The molecule has 0 fully saturated rings. The summed E-state index contributed by atoms with van der Waals surface area (Å²) in [6.45, 7) is 1.67. The van der Waals surface area contributed by atoms with E-state index in [1.165, 1.54) is 27.5 Å². The molecule has 0 bridgehead atoms. The molecule has 3 rings (SSSR count). The summed E-state index contributed by atoms with van der Waals surface area (Å²) < 4.78 is 21.7. The number of hydrogen-bond donors (Lipinski definition) is 1. The molecule has 0 aliphatic carbocycles. The van der Waals surface area contributed by atoms with E-state index in [2.05, 4.69) is 10.5 Å². The van der Waals surface area contributed by atoms with E-state index < -0.39 is 6.10 Å². The van der Waals surface area contributed by atoms with Gasteiger partial charge in [-0.15, -0.1) is 0 Å². The Morgan fingerprint density at radius 2 is 1.60 bits per heavy atom. The van der Waals surface area contributed by atoms with Crippen LogP contribution < -0.4 is 24.4 Å². The first-order valence-corrected chi connectivity index (χ1v) is 9.34. The first-order chi connectivity index (χ1) is 14.5. The average molecular weight is 408 g/mol. The molecule has 156 valence electrons.